The van der Waals surface area contributed by atoms with Crippen LogP contribution in [0, 0.1) is 0 Å². The molecule has 0 fully saturated rings. The van der Waals surface area contributed by atoms with Crippen molar-refractivity contribution in [3.8, 4) is 0 Å². The van der Waals surface area contributed by atoms with E-state index in [9.17, 15) is 22.8 Å². The molecule has 3 rings (SSSR count). The molecule has 0 saturated heterocycles. The summed E-state index contributed by atoms with van der Waals surface area (Å²) in [6, 6.07) is 12.7. The van der Waals surface area contributed by atoms with Crippen LogP contribution in [-0.2, 0) is 17.5 Å². The Morgan fingerprint density at radius 3 is 2.46 bits per heavy atom. The number of carbonyl (C=O) groups excluding carboxylic acids is 2. The van der Waals surface area contributed by atoms with Gasteiger partial charge < -0.3 is 5.32 Å². The minimum absolute atomic E-state index is 0.000668. The molecule has 0 radical (unpaired) electrons. The standard InChI is InChI=1S/C18H14F3N5O2/c19-18(20,21)13-7-4-8-14(9-13)23-15(27)10-26-11-22-17(25-26)24-16(28)12-5-2-1-3-6-12/h1-9,11H,10H2,(H,23,27)(H,24,25,28). The van der Waals surface area contributed by atoms with Crippen molar-refractivity contribution in [2.24, 2.45) is 0 Å². The zero-order chi connectivity index (χ0) is 20.1. The minimum atomic E-state index is -4.50. The van der Waals surface area contributed by atoms with Crippen molar-refractivity contribution in [1.82, 2.24) is 14.8 Å². The first-order valence-electron chi connectivity index (χ1n) is 8.04. The number of nitrogens with one attached hydrogen (secondary N) is 2. The second-order valence-electron chi connectivity index (χ2n) is 5.71. The van der Waals surface area contributed by atoms with Crippen LogP contribution in [0.5, 0.6) is 0 Å². The van der Waals surface area contributed by atoms with Gasteiger partial charge in [0.15, 0.2) is 0 Å². The van der Waals surface area contributed by atoms with E-state index < -0.39 is 23.6 Å². The Hall–Kier alpha value is -3.69. The molecule has 0 aliphatic carbocycles. The molecule has 10 heteroatoms. The zero-order valence-corrected chi connectivity index (χ0v) is 14.3. The maximum absolute atomic E-state index is 12.7. The van der Waals surface area contributed by atoms with Gasteiger partial charge in [0.2, 0.25) is 11.9 Å². The Bertz CT molecular complexity index is 986. The van der Waals surface area contributed by atoms with Crippen LogP contribution in [0.15, 0.2) is 60.9 Å². The van der Waals surface area contributed by atoms with Crippen LogP contribution in [0.4, 0.5) is 24.8 Å². The van der Waals surface area contributed by atoms with Gasteiger partial charge in [0, 0.05) is 11.3 Å². The van der Waals surface area contributed by atoms with Gasteiger partial charge in [0.1, 0.15) is 12.9 Å². The summed E-state index contributed by atoms with van der Waals surface area (Å²) in [5.74, 6) is -1.00. The minimum Gasteiger partial charge on any atom is -0.324 e. The van der Waals surface area contributed by atoms with Crippen LogP contribution in [0.1, 0.15) is 15.9 Å². The van der Waals surface area contributed by atoms with Gasteiger partial charge in [0.25, 0.3) is 5.91 Å². The first-order chi connectivity index (χ1) is 13.3. The maximum atomic E-state index is 12.7. The zero-order valence-electron chi connectivity index (χ0n) is 14.3. The second kappa shape index (κ2) is 7.91. The smallest absolute Gasteiger partial charge is 0.324 e. The summed E-state index contributed by atoms with van der Waals surface area (Å²) in [4.78, 5) is 27.9. The van der Waals surface area contributed by atoms with Crippen molar-refractivity contribution in [2.75, 3.05) is 10.6 Å². The van der Waals surface area contributed by atoms with Gasteiger partial charge in [-0.2, -0.15) is 13.2 Å². The molecular weight excluding hydrogens is 375 g/mol. The van der Waals surface area contributed by atoms with Crippen LogP contribution in [-0.4, -0.2) is 26.6 Å². The number of hydrogen-bond donors (Lipinski definition) is 2. The Morgan fingerprint density at radius 2 is 1.75 bits per heavy atom. The number of benzene rings is 2. The Labute approximate surface area is 157 Å². The SMILES string of the molecule is O=C(Cn1cnc(NC(=O)c2ccccc2)n1)Nc1cccc(C(F)(F)F)c1. The third-order valence-corrected chi connectivity index (χ3v) is 3.58. The lowest BCUT2D eigenvalue weighted by atomic mass is 10.2. The lowest BCUT2D eigenvalue weighted by Gasteiger charge is -2.09. The fraction of sp³-hybridized carbons (Fsp3) is 0.111. The van der Waals surface area contributed by atoms with Gasteiger partial charge in [-0.05, 0) is 30.3 Å². The van der Waals surface area contributed by atoms with Crippen molar-refractivity contribution < 1.29 is 22.8 Å². The van der Waals surface area contributed by atoms with Crippen molar-refractivity contribution in [1.29, 1.82) is 0 Å². The quantitative estimate of drug-likeness (QED) is 0.702. The third-order valence-electron chi connectivity index (χ3n) is 3.58. The van der Waals surface area contributed by atoms with Crippen LogP contribution in [0.2, 0.25) is 0 Å². The van der Waals surface area contributed by atoms with Gasteiger partial charge in [-0.15, -0.1) is 5.10 Å². The monoisotopic (exact) mass is 389 g/mol. The highest BCUT2D eigenvalue weighted by Gasteiger charge is 2.30. The van der Waals surface area contributed by atoms with Crippen molar-refractivity contribution in [3.05, 3.63) is 72.1 Å². The molecule has 0 aliphatic heterocycles. The molecule has 0 spiro atoms. The van der Waals surface area contributed by atoms with E-state index in [1.54, 1.807) is 30.3 Å². The molecule has 7 nitrogen and oxygen atoms in total. The van der Waals surface area contributed by atoms with E-state index in [1.165, 1.54) is 18.5 Å². The van der Waals surface area contributed by atoms with Gasteiger partial charge in [0.05, 0.1) is 5.56 Å². The molecule has 2 N–H and O–H groups in total. The molecule has 0 unspecified atom stereocenters. The maximum Gasteiger partial charge on any atom is 0.416 e. The summed E-state index contributed by atoms with van der Waals surface area (Å²) in [7, 11) is 0. The van der Waals surface area contributed by atoms with Gasteiger partial charge in [-0.25, -0.2) is 9.67 Å². The molecule has 2 amide bonds. The molecule has 1 aromatic heterocycles. The first kappa shape index (κ1) is 19.1. The van der Waals surface area contributed by atoms with Crippen LogP contribution < -0.4 is 10.6 Å². The van der Waals surface area contributed by atoms with Crippen molar-refractivity contribution in [3.63, 3.8) is 0 Å². The first-order valence-corrected chi connectivity index (χ1v) is 8.04. The topological polar surface area (TPSA) is 88.9 Å². The largest absolute Gasteiger partial charge is 0.416 e. The van der Waals surface area contributed by atoms with Crippen LogP contribution >= 0.6 is 0 Å². The molecule has 0 atom stereocenters. The van der Waals surface area contributed by atoms with E-state index in [-0.39, 0.29) is 18.2 Å². The van der Waals surface area contributed by atoms with E-state index in [0.29, 0.717) is 5.56 Å². The summed E-state index contributed by atoms with van der Waals surface area (Å²) in [6.45, 7) is -0.287. The molecule has 3 aromatic rings. The van der Waals surface area contributed by atoms with Crippen LogP contribution in [0.25, 0.3) is 0 Å². The molecule has 0 bridgehead atoms. The Morgan fingerprint density at radius 1 is 1.00 bits per heavy atom. The molecule has 144 valence electrons. The lowest BCUT2D eigenvalue weighted by Crippen LogP contribution is -2.20. The number of aromatic nitrogens is 3. The molecule has 28 heavy (non-hydrogen) atoms. The molecule has 0 aliphatic rings. The molecular formula is C18H14F3N5O2. The highest BCUT2D eigenvalue weighted by Crippen LogP contribution is 2.30. The predicted molar refractivity (Wildman–Crippen MR) is 94.5 cm³/mol. The van der Waals surface area contributed by atoms with Gasteiger partial charge >= 0.3 is 6.18 Å². The van der Waals surface area contributed by atoms with Crippen molar-refractivity contribution in [2.45, 2.75) is 12.7 Å². The highest BCUT2D eigenvalue weighted by atomic mass is 19.4. The highest BCUT2D eigenvalue weighted by molar-refractivity contribution is 6.03. The number of carbonyl (C=O) groups is 2. The van der Waals surface area contributed by atoms with Crippen molar-refractivity contribution >= 4 is 23.5 Å². The number of amides is 2. The Kier molecular flexibility index (Phi) is 5.39. The lowest BCUT2D eigenvalue weighted by molar-refractivity contribution is -0.137. The summed E-state index contributed by atoms with van der Waals surface area (Å²) in [5, 5.41) is 8.80. The fourth-order valence-corrected chi connectivity index (χ4v) is 2.31. The Balaban J connectivity index is 1.59. The van der Waals surface area contributed by atoms with E-state index in [2.05, 4.69) is 20.7 Å². The van der Waals surface area contributed by atoms with Gasteiger partial charge in [-0.1, -0.05) is 24.3 Å². The van der Waals surface area contributed by atoms with E-state index in [1.807, 2.05) is 0 Å². The summed E-state index contributed by atoms with van der Waals surface area (Å²) < 4.78 is 39.3. The van der Waals surface area contributed by atoms with Gasteiger partial charge in [-0.3, -0.25) is 14.9 Å². The molecule has 2 aromatic carbocycles. The number of hydrogen-bond acceptors (Lipinski definition) is 4. The second-order valence-corrected chi connectivity index (χ2v) is 5.71. The molecule has 0 saturated carbocycles. The van der Waals surface area contributed by atoms with E-state index in [0.717, 1.165) is 16.8 Å². The number of nitrogens with zero attached hydrogens (tertiary/aromatic N) is 3. The summed E-state index contributed by atoms with van der Waals surface area (Å²) in [5.41, 5.74) is -0.435. The number of rotatable bonds is 5. The summed E-state index contributed by atoms with van der Waals surface area (Å²) in [6.07, 6.45) is -3.27. The average molecular weight is 389 g/mol. The predicted octanol–water partition coefficient (Wildman–Crippen LogP) is 3.19. The normalized spacial score (nSPS) is 11.1. The number of anilines is 2. The third kappa shape index (κ3) is 4.93. The average Bonchev–Trinajstić information content (AvgIpc) is 3.08. The molecule has 1 heterocycles. The van der Waals surface area contributed by atoms with Crippen LogP contribution in [0.3, 0.4) is 0 Å². The summed E-state index contributed by atoms with van der Waals surface area (Å²) >= 11 is 0. The number of halogens is 3. The number of alkyl halides is 3. The fourth-order valence-electron chi connectivity index (χ4n) is 2.31. The van der Waals surface area contributed by atoms with E-state index in [4.69, 9.17) is 0 Å². The van der Waals surface area contributed by atoms with E-state index >= 15 is 0 Å².